The molecule has 0 bridgehead atoms. The molecule has 0 aliphatic heterocycles. The summed E-state index contributed by atoms with van der Waals surface area (Å²) in [6, 6.07) is 4.57. The van der Waals surface area contributed by atoms with Gasteiger partial charge in [0, 0.05) is 17.9 Å². The summed E-state index contributed by atoms with van der Waals surface area (Å²) >= 11 is 1.23. The number of carbonyl (C=O) groups excluding carboxylic acids is 3. The lowest BCUT2D eigenvalue weighted by Gasteiger charge is -2.13. The number of aryl methyl sites for hydroxylation is 2. The first-order valence-corrected chi connectivity index (χ1v) is 8.70. The Morgan fingerprint density at radius 3 is 2.58 bits per heavy atom. The summed E-state index contributed by atoms with van der Waals surface area (Å²) in [6.45, 7) is 6.32. The number of hydrogen-bond acceptors (Lipinski definition) is 7. The van der Waals surface area contributed by atoms with E-state index < -0.39 is 17.7 Å². The van der Waals surface area contributed by atoms with Crippen LogP contribution in [-0.2, 0) is 16.1 Å². The van der Waals surface area contributed by atoms with Crippen LogP contribution in [-0.4, -0.2) is 23.8 Å². The molecular formula is C18H19NO6S. The van der Waals surface area contributed by atoms with E-state index in [0.717, 1.165) is 4.88 Å². The van der Waals surface area contributed by atoms with Gasteiger partial charge in [0.15, 0.2) is 6.10 Å². The molecule has 8 heteroatoms. The third-order valence-electron chi connectivity index (χ3n) is 3.61. The van der Waals surface area contributed by atoms with Crippen LogP contribution in [0.3, 0.4) is 0 Å². The topological polar surface area (TPSA) is 103 Å². The van der Waals surface area contributed by atoms with Crippen molar-refractivity contribution in [2.45, 2.75) is 40.3 Å². The van der Waals surface area contributed by atoms with Gasteiger partial charge in [-0.25, -0.2) is 9.59 Å². The molecule has 1 amide bonds. The first-order chi connectivity index (χ1) is 12.2. The van der Waals surface area contributed by atoms with Crippen molar-refractivity contribution in [1.29, 1.82) is 0 Å². The van der Waals surface area contributed by atoms with Gasteiger partial charge < -0.3 is 14.5 Å². The van der Waals surface area contributed by atoms with Gasteiger partial charge in [-0.15, -0.1) is 11.3 Å². The monoisotopic (exact) mass is 377 g/mol. The van der Waals surface area contributed by atoms with Crippen LogP contribution in [0.1, 0.15) is 50.1 Å². The number of esters is 1. The minimum atomic E-state index is -1.000. The highest BCUT2D eigenvalue weighted by atomic mass is 32.1. The maximum atomic E-state index is 12.5. The highest BCUT2D eigenvalue weighted by molar-refractivity contribution is 7.14. The van der Waals surface area contributed by atoms with Gasteiger partial charge in [0.25, 0.3) is 0 Å². The standard InChI is InChI=1S/C18H19NO6S/c1-9-7-15(21)24-10(2)16(9)18(23)25-11(3)17(22)14-6-5-13(26-14)8-19-12(4)20/h5-7,11H,8H2,1-4H3,(H,19,20). The van der Waals surface area contributed by atoms with Gasteiger partial charge in [0.05, 0.1) is 11.4 Å². The van der Waals surface area contributed by atoms with Crippen molar-refractivity contribution in [3.05, 3.63) is 55.3 Å². The van der Waals surface area contributed by atoms with Crippen LogP contribution < -0.4 is 10.9 Å². The number of carbonyl (C=O) groups is 3. The Kier molecular flexibility index (Phi) is 6.10. The molecule has 138 valence electrons. The maximum absolute atomic E-state index is 12.5. The van der Waals surface area contributed by atoms with Gasteiger partial charge in [-0.05, 0) is 38.5 Å². The first-order valence-electron chi connectivity index (χ1n) is 7.88. The van der Waals surface area contributed by atoms with Crippen LogP contribution in [0.2, 0.25) is 0 Å². The number of hydrogen-bond donors (Lipinski definition) is 1. The number of rotatable bonds is 6. The van der Waals surface area contributed by atoms with Gasteiger partial charge >= 0.3 is 11.6 Å². The molecule has 7 nitrogen and oxygen atoms in total. The van der Waals surface area contributed by atoms with Crippen LogP contribution in [0.5, 0.6) is 0 Å². The minimum Gasteiger partial charge on any atom is -0.451 e. The fourth-order valence-corrected chi connectivity index (χ4v) is 3.32. The molecule has 0 saturated heterocycles. The second-order valence-corrected chi connectivity index (χ2v) is 6.94. The van der Waals surface area contributed by atoms with E-state index in [0.29, 0.717) is 17.0 Å². The number of ether oxygens (including phenoxy) is 1. The second kappa shape index (κ2) is 8.09. The summed E-state index contributed by atoms with van der Waals surface area (Å²) in [5.74, 6) is -1.08. The van der Waals surface area contributed by atoms with E-state index in [1.165, 1.54) is 38.2 Å². The Hall–Kier alpha value is -2.74. The highest BCUT2D eigenvalue weighted by Gasteiger charge is 2.24. The van der Waals surface area contributed by atoms with Crippen molar-refractivity contribution in [2.24, 2.45) is 0 Å². The average molecular weight is 377 g/mol. The van der Waals surface area contributed by atoms with Crippen molar-refractivity contribution >= 4 is 29.0 Å². The van der Waals surface area contributed by atoms with Gasteiger partial charge in [-0.1, -0.05) is 0 Å². The molecule has 2 heterocycles. The second-order valence-electron chi connectivity index (χ2n) is 5.77. The van der Waals surface area contributed by atoms with Gasteiger partial charge in [0.1, 0.15) is 11.3 Å². The molecule has 2 aromatic rings. The molecule has 2 aromatic heterocycles. The lowest BCUT2D eigenvalue weighted by atomic mass is 10.1. The molecule has 0 fully saturated rings. The average Bonchev–Trinajstić information content (AvgIpc) is 2.99. The minimum absolute atomic E-state index is 0.141. The predicted octanol–water partition coefficient (Wildman–Crippen LogP) is 2.38. The Bertz CT molecular complexity index is 884. The first kappa shape index (κ1) is 19.6. The number of amides is 1. The zero-order valence-corrected chi connectivity index (χ0v) is 15.7. The van der Waals surface area contributed by atoms with Crippen molar-refractivity contribution in [2.75, 3.05) is 0 Å². The van der Waals surface area contributed by atoms with Crippen LogP contribution in [0, 0.1) is 13.8 Å². The van der Waals surface area contributed by atoms with Crippen molar-refractivity contribution in [3.63, 3.8) is 0 Å². The largest absolute Gasteiger partial charge is 0.451 e. The van der Waals surface area contributed by atoms with Crippen molar-refractivity contribution < 1.29 is 23.5 Å². The number of Topliss-reactive ketones (excluding diaryl/α,β-unsaturated/α-hetero) is 1. The third-order valence-corrected chi connectivity index (χ3v) is 4.71. The summed E-state index contributed by atoms with van der Waals surface area (Å²) in [7, 11) is 0. The highest BCUT2D eigenvalue weighted by Crippen LogP contribution is 2.20. The lowest BCUT2D eigenvalue weighted by Crippen LogP contribution is -2.25. The summed E-state index contributed by atoms with van der Waals surface area (Å²) < 4.78 is 10.2. The maximum Gasteiger partial charge on any atom is 0.342 e. The molecule has 0 radical (unpaired) electrons. The normalized spacial score (nSPS) is 11.7. The number of nitrogens with one attached hydrogen (secondary N) is 1. The smallest absolute Gasteiger partial charge is 0.342 e. The van der Waals surface area contributed by atoms with E-state index in [2.05, 4.69) is 5.32 Å². The SMILES string of the molecule is CC(=O)NCc1ccc(C(=O)C(C)OC(=O)c2c(C)cc(=O)oc2C)s1. The van der Waals surface area contributed by atoms with Crippen LogP contribution in [0.25, 0.3) is 0 Å². The fourth-order valence-electron chi connectivity index (χ4n) is 2.35. The van der Waals surface area contributed by atoms with E-state index >= 15 is 0 Å². The van der Waals surface area contributed by atoms with E-state index in [4.69, 9.17) is 9.15 Å². The van der Waals surface area contributed by atoms with Crippen LogP contribution in [0.15, 0.2) is 27.4 Å². The molecule has 1 N–H and O–H groups in total. The molecule has 0 saturated carbocycles. The fraction of sp³-hybridized carbons (Fsp3) is 0.333. The van der Waals surface area contributed by atoms with E-state index in [1.807, 2.05) is 0 Å². The molecular weight excluding hydrogens is 358 g/mol. The lowest BCUT2D eigenvalue weighted by molar-refractivity contribution is -0.119. The summed E-state index contributed by atoms with van der Waals surface area (Å²) in [4.78, 5) is 48.3. The van der Waals surface area contributed by atoms with E-state index in [1.54, 1.807) is 19.1 Å². The Labute approximate surface area is 154 Å². The van der Waals surface area contributed by atoms with Gasteiger partial charge in [-0.2, -0.15) is 0 Å². The zero-order chi connectivity index (χ0) is 19.4. The third kappa shape index (κ3) is 4.66. The molecule has 2 rings (SSSR count). The summed E-state index contributed by atoms with van der Waals surface area (Å²) in [5.41, 5.74) is 0.0184. The van der Waals surface area contributed by atoms with Crippen LogP contribution in [0.4, 0.5) is 0 Å². The summed E-state index contributed by atoms with van der Waals surface area (Å²) in [6.07, 6.45) is -1.000. The quantitative estimate of drug-likeness (QED) is 0.612. The van der Waals surface area contributed by atoms with Crippen molar-refractivity contribution in [1.82, 2.24) is 5.32 Å². The Balaban J connectivity index is 2.08. The molecule has 26 heavy (non-hydrogen) atoms. The zero-order valence-electron chi connectivity index (χ0n) is 14.9. The molecule has 0 aliphatic rings. The number of ketones is 1. The van der Waals surface area contributed by atoms with Crippen molar-refractivity contribution in [3.8, 4) is 0 Å². The number of thiophene rings is 1. The van der Waals surface area contributed by atoms with Gasteiger partial charge in [0.2, 0.25) is 11.7 Å². The Morgan fingerprint density at radius 1 is 1.27 bits per heavy atom. The summed E-state index contributed by atoms with van der Waals surface area (Å²) in [5, 5.41) is 2.65. The van der Waals surface area contributed by atoms with Crippen LogP contribution >= 0.6 is 11.3 Å². The van der Waals surface area contributed by atoms with Gasteiger partial charge in [-0.3, -0.25) is 9.59 Å². The molecule has 0 aromatic carbocycles. The molecule has 0 spiro atoms. The molecule has 1 atom stereocenters. The van der Waals surface area contributed by atoms with E-state index in [-0.39, 0.29) is 23.0 Å². The molecule has 0 aliphatic carbocycles. The Morgan fingerprint density at radius 2 is 1.96 bits per heavy atom. The van der Waals surface area contributed by atoms with E-state index in [9.17, 15) is 19.2 Å². The molecule has 1 unspecified atom stereocenters. The predicted molar refractivity (Wildman–Crippen MR) is 95.5 cm³/mol.